The van der Waals surface area contributed by atoms with E-state index < -0.39 is 0 Å². The molecule has 0 fully saturated rings. The summed E-state index contributed by atoms with van der Waals surface area (Å²) in [4.78, 5) is 0. The maximum atomic E-state index is 13.8. The number of benzene rings is 1. The Labute approximate surface area is 90.0 Å². The molecule has 1 aliphatic rings. The van der Waals surface area contributed by atoms with Crippen molar-refractivity contribution >= 4 is 5.69 Å². The molecule has 2 heteroatoms. The Balaban J connectivity index is 2.54. The number of halogens is 1. The van der Waals surface area contributed by atoms with Crippen molar-refractivity contribution in [3.63, 3.8) is 0 Å². The number of anilines is 1. The Morgan fingerprint density at radius 1 is 1.33 bits per heavy atom. The molecule has 0 bridgehead atoms. The van der Waals surface area contributed by atoms with Gasteiger partial charge in [0.15, 0.2) is 0 Å². The average molecular weight is 205 g/mol. The van der Waals surface area contributed by atoms with Gasteiger partial charge in [-0.05, 0) is 22.6 Å². The van der Waals surface area contributed by atoms with Crippen LogP contribution < -0.4 is 5.32 Å². The van der Waals surface area contributed by atoms with Gasteiger partial charge in [-0.1, -0.05) is 33.4 Å². The zero-order chi connectivity index (χ0) is 11.2. The van der Waals surface area contributed by atoms with Crippen LogP contribution in [0, 0.1) is 5.82 Å². The van der Waals surface area contributed by atoms with Crippen LogP contribution in [0.15, 0.2) is 24.4 Å². The number of allylic oxidation sites excluding steroid dienone is 1. The fourth-order valence-corrected chi connectivity index (χ4v) is 1.83. The molecule has 1 aromatic carbocycles. The molecule has 0 amide bonds. The summed E-state index contributed by atoms with van der Waals surface area (Å²) in [6.45, 7) is 10.1. The fraction of sp³-hybridized carbons (Fsp3) is 0.385. The molecule has 1 heterocycles. The van der Waals surface area contributed by atoms with Crippen molar-refractivity contribution in [2.75, 3.05) is 5.32 Å². The summed E-state index contributed by atoms with van der Waals surface area (Å²) in [6, 6.07) is 3.69. The number of hydrogen-bond donors (Lipinski definition) is 1. The second kappa shape index (κ2) is 3.09. The SMILES string of the molecule is C=C1Cc2cc(C(C)(C)C)cc(F)c2N1. The second-order valence-electron chi connectivity index (χ2n) is 5.15. The molecule has 1 aromatic rings. The minimum absolute atomic E-state index is 0.0141. The Kier molecular flexibility index (Phi) is 2.10. The van der Waals surface area contributed by atoms with Crippen LogP contribution in [0.25, 0.3) is 0 Å². The molecule has 0 saturated heterocycles. The molecule has 0 unspecified atom stereocenters. The summed E-state index contributed by atoms with van der Waals surface area (Å²) >= 11 is 0. The lowest BCUT2D eigenvalue weighted by atomic mass is 9.85. The maximum Gasteiger partial charge on any atom is 0.147 e. The van der Waals surface area contributed by atoms with Gasteiger partial charge in [-0.3, -0.25) is 0 Å². The fourth-order valence-electron chi connectivity index (χ4n) is 1.83. The monoisotopic (exact) mass is 205 g/mol. The molecule has 15 heavy (non-hydrogen) atoms. The topological polar surface area (TPSA) is 12.0 Å². The number of fused-ring (bicyclic) bond motifs is 1. The van der Waals surface area contributed by atoms with Crippen LogP contribution in [0.4, 0.5) is 10.1 Å². The first kappa shape index (κ1) is 10.2. The van der Waals surface area contributed by atoms with Crippen molar-refractivity contribution < 1.29 is 4.39 Å². The molecule has 1 aliphatic heterocycles. The lowest BCUT2D eigenvalue weighted by Gasteiger charge is -2.20. The van der Waals surface area contributed by atoms with Crippen LogP contribution >= 0.6 is 0 Å². The molecular weight excluding hydrogens is 189 g/mol. The highest BCUT2D eigenvalue weighted by atomic mass is 19.1. The minimum Gasteiger partial charge on any atom is -0.357 e. The molecule has 0 atom stereocenters. The zero-order valence-corrected chi connectivity index (χ0v) is 9.45. The van der Waals surface area contributed by atoms with Crippen LogP contribution in [-0.4, -0.2) is 0 Å². The summed E-state index contributed by atoms with van der Waals surface area (Å²) < 4.78 is 13.8. The Morgan fingerprint density at radius 3 is 2.60 bits per heavy atom. The summed E-state index contributed by atoms with van der Waals surface area (Å²) in [5.41, 5.74) is 3.52. The van der Waals surface area contributed by atoms with Crippen LogP contribution in [0.1, 0.15) is 31.9 Å². The minimum atomic E-state index is -0.170. The van der Waals surface area contributed by atoms with E-state index in [2.05, 4.69) is 38.7 Å². The van der Waals surface area contributed by atoms with Crippen molar-refractivity contribution in [2.45, 2.75) is 32.6 Å². The highest BCUT2D eigenvalue weighted by molar-refractivity contribution is 5.63. The third-order valence-corrected chi connectivity index (χ3v) is 2.74. The Hall–Kier alpha value is -1.31. The van der Waals surface area contributed by atoms with E-state index in [1.165, 1.54) is 0 Å². The number of rotatable bonds is 0. The summed E-state index contributed by atoms with van der Waals surface area (Å²) in [6.07, 6.45) is 0.732. The molecular formula is C13H16FN. The average Bonchev–Trinajstić information content (AvgIpc) is 2.44. The van der Waals surface area contributed by atoms with Gasteiger partial charge < -0.3 is 5.32 Å². The number of nitrogens with one attached hydrogen (secondary N) is 1. The molecule has 1 N–H and O–H groups in total. The van der Waals surface area contributed by atoms with Crippen LogP contribution in [-0.2, 0) is 11.8 Å². The largest absolute Gasteiger partial charge is 0.357 e. The van der Waals surface area contributed by atoms with E-state index in [0.717, 1.165) is 23.2 Å². The first-order valence-corrected chi connectivity index (χ1v) is 5.15. The summed E-state index contributed by atoms with van der Waals surface area (Å²) in [7, 11) is 0. The molecule has 0 aliphatic carbocycles. The molecule has 0 saturated carbocycles. The third-order valence-electron chi connectivity index (χ3n) is 2.74. The Morgan fingerprint density at radius 2 is 2.00 bits per heavy atom. The first-order valence-electron chi connectivity index (χ1n) is 5.15. The van der Waals surface area contributed by atoms with Gasteiger partial charge in [0, 0.05) is 12.1 Å². The summed E-state index contributed by atoms with van der Waals surface area (Å²) in [5, 5.41) is 2.97. The Bertz CT molecular complexity index is 427. The number of hydrogen-bond acceptors (Lipinski definition) is 1. The highest BCUT2D eigenvalue weighted by Gasteiger charge is 2.22. The van der Waals surface area contributed by atoms with E-state index in [-0.39, 0.29) is 11.2 Å². The quantitative estimate of drug-likeness (QED) is 0.682. The normalized spacial score (nSPS) is 15.1. The van der Waals surface area contributed by atoms with Gasteiger partial charge in [-0.15, -0.1) is 0 Å². The molecule has 0 aromatic heterocycles. The summed E-state index contributed by atoms with van der Waals surface area (Å²) in [5.74, 6) is -0.170. The van der Waals surface area contributed by atoms with Crippen molar-refractivity contribution in [3.05, 3.63) is 41.4 Å². The van der Waals surface area contributed by atoms with Crippen molar-refractivity contribution in [2.24, 2.45) is 0 Å². The van der Waals surface area contributed by atoms with Gasteiger partial charge >= 0.3 is 0 Å². The smallest absolute Gasteiger partial charge is 0.147 e. The van der Waals surface area contributed by atoms with Crippen molar-refractivity contribution in [1.82, 2.24) is 0 Å². The van der Waals surface area contributed by atoms with Gasteiger partial charge in [0.2, 0.25) is 0 Å². The molecule has 2 rings (SSSR count). The van der Waals surface area contributed by atoms with Gasteiger partial charge in [0.25, 0.3) is 0 Å². The van der Waals surface area contributed by atoms with Gasteiger partial charge in [0.05, 0.1) is 5.69 Å². The second-order valence-corrected chi connectivity index (χ2v) is 5.15. The van der Waals surface area contributed by atoms with Gasteiger partial charge in [-0.25, -0.2) is 4.39 Å². The highest BCUT2D eigenvalue weighted by Crippen LogP contribution is 2.34. The maximum absolute atomic E-state index is 13.8. The molecule has 80 valence electrons. The van der Waals surface area contributed by atoms with E-state index in [0.29, 0.717) is 5.69 Å². The third kappa shape index (κ3) is 1.76. The predicted molar refractivity (Wildman–Crippen MR) is 61.6 cm³/mol. The van der Waals surface area contributed by atoms with Gasteiger partial charge in [-0.2, -0.15) is 0 Å². The van der Waals surface area contributed by atoms with E-state index in [1.807, 2.05) is 0 Å². The van der Waals surface area contributed by atoms with Crippen molar-refractivity contribution in [3.8, 4) is 0 Å². The van der Waals surface area contributed by atoms with E-state index in [4.69, 9.17) is 0 Å². The van der Waals surface area contributed by atoms with E-state index in [1.54, 1.807) is 6.07 Å². The zero-order valence-electron chi connectivity index (χ0n) is 9.45. The van der Waals surface area contributed by atoms with Crippen LogP contribution in [0.3, 0.4) is 0 Å². The lowest BCUT2D eigenvalue weighted by molar-refractivity contribution is 0.573. The van der Waals surface area contributed by atoms with E-state index >= 15 is 0 Å². The van der Waals surface area contributed by atoms with Crippen LogP contribution in [0.5, 0.6) is 0 Å². The first-order chi connectivity index (χ1) is 6.88. The van der Waals surface area contributed by atoms with Crippen LogP contribution in [0.2, 0.25) is 0 Å². The molecule has 0 radical (unpaired) electrons. The predicted octanol–water partition coefficient (Wildman–Crippen LogP) is 3.60. The standard InChI is InChI=1S/C13H16FN/c1-8-5-9-6-10(13(2,3)4)7-11(14)12(9)15-8/h6-7,15H,1,5H2,2-4H3. The molecule has 0 spiro atoms. The van der Waals surface area contributed by atoms with Crippen molar-refractivity contribution in [1.29, 1.82) is 0 Å². The lowest BCUT2D eigenvalue weighted by Crippen LogP contribution is -2.12. The van der Waals surface area contributed by atoms with E-state index in [9.17, 15) is 4.39 Å². The van der Waals surface area contributed by atoms with Gasteiger partial charge in [0.1, 0.15) is 5.82 Å². The molecule has 1 nitrogen and oxygen atoms in total.